The van der Waals surface area contributed by atoms with Crippen LogP contribution < -0.4 is 5.56 Å². The maximum absolute atomic E-state index is 12.6. The molecule has 1 N–H and O–H groups in total. The molecule has 0 bridgehead atoms. The second-order valence-electron chi connectivity index (χ2n) is 7.76. The lowest BCUT2D eigenvalue weighted by molar-refractivity contribution is 0.0430. The van der Waals surface area contributed by atoms with E-state index in [1.165, 1.54) is 11.1 Å². The first-order valence-corrected chi connectivity index (χ1v) is 9.62. The van der Waals surface area contributed by atoms with Crippen LogP contribution in [0.15, 0.2) is 27.6 Å². The van der Waals surface area contributed by atoms with Crippen LogP contribution in [-0.2, 0) is 0 Å². The van der Waals surface area contributed by atoms with Crippen LogP contribution in [0.3, 0.4) is 0 Å². The first-order valence-electron chi connectivity index (χ1n) is 8.45. The predicted octanol–water partition coefficient (Wildman–Crippen LogP) is 4.54. The number of halogens is 2. The van der Waals surface area contributed by atoms with Gasteiger partial charge in [-0.05, 0) is 46.3 Å². The van der Waals surface area contributed by atoms with Crippen LogP contribution in [0.4, 0.5) is 4.79 Å². The topological polar surface area (TPSA) is 75.4 Å². The smallest absolute Gasteiger partial charge is 0.407 e. The average molecular weight is 443 g/mol. The Labute approximate surface area is 164 Å². The number of hydrogen-bond donors (Lipinski definition) is 1. The molecule has 1 amide bonds. The average Bonchev–Trinajstić information content (AvgIpc) is 2.55. The Morgan fingerprint density at radius 3 is 2.69 bits per heavy atom. The summed E-state index contributed by atoms with van der Waals surface area (Å²) in [7, 11) is 0. The summed E-state index contributed by atoms with van der Waals surface area (Å²) >= 11 is 9.62. The lowest BCUT2D eigenvalue weighted by Gasteiger charge is -2.45. The van der Waals surface area contributed by atoms with Crippen LogP contribution in [0.2, 0.25) is 5.02 Å². The van der Waals surface area contributed by atoms with Crippen LogP contribution in [0.5, 0.6) is 0 Å². The molecule has 6 nitrogen and oxygen atoms in total. The summed E-state index contributed by atoms with van der Waals surface area (Å²) in [5.74, 6) is 0. The number of benzene rings is 1. The third kappa shape index (κ3) is 3.47. The Morgan fingerprint density at radius 1 is 1.38 bits per heavy atom. The number of rotatable bonds is 1. The normalized spacial score (nSPS) is 21.2. The first kappa shape index (κ1) is 19.2. The van der Waals surface area contributed by atoms with Gasteiger partial charge >= 0.3 is 6.09 Å². The molecule has 8 heteroatoms. The molecule has 1 aliphatic rings. The summed E-state index contributed by atoms with van der Waals surface area (Å²) in [6.45, 7) is 6.47. The Balaban J connectivity index is 2.09. The second-order valence-corrected chi connectivity index (χ2v) is 9.02. The lowest BCUT2D eigenvalue weighted by Crippen LogP contribution is -2.52. The third-order valence-corrected chi connectivity index (χ3v) is 6.21. The molecule has 1 aromatic carbocycles. The van der Waals surface area contributed by atoms with Gasteiger partial charge in [0.05, 0.1) is 22.3 Å². The molecule has 2 atom stereocenters. The Kier molecular flexibility index (Phi) is 5.05. The number of likely N-dealkylation sites (tertiary alicyclic amines) is 1. The van der Waals surface area contributed by atoms with E-state index in [2.05, 4.69) is 20.9 Å². The molecule has 0 aliphatic carbocycles. The summed E-state index contributed by atoms with van der Waals surface area (Å²) in [5.41, 5.74) is 0.919. The highest BCUT2D eigenvalue weighted by molar-refractivity contribution is 9.10. The molecule has 2 unspecified atom stereocenters. The van der Waals surface area contributed by atoms with Crippen molar-refractivity contribution >= 4 is 44.7 Å². The van der Waals surface area contributed by atoms with Gasteiger partial charge in [0.25, 0.3) is 5.56 Å². The molecule has 0 saturated carbocycles. The largest absolute Gasteiger partial charge is 0.465 e. The Morgan fingerprint density at radius 2 is 2.08 bits per heavy atom. The SMILES string of the molecule is CC(C)(C)C1CC(n2c(=O)cnc3cc(Br)c(Cl)cc32)CCN1C(=O)O. The van der Waals surface area contributed by atoms with E-state index in [0.717, 1.165) is 4.47 Å². The van der Waals surface area contributed by atoms with Crippen LogP contribution in [0.25, 0.3) is 11.0 Å². The summed E-state index contributed by atoms with van der Waals surface area (Å²) in [4.78, 5) is 30.0. The summed E-state index contributed by atoms with van der Waals surface area (Å²) in [5, 5.41) is 10.1. The van der Waals surface area contributed by atoms with E-state index >= 15 is 0 Å². The maximum atomic E-state index is 12.6. The van der Waals surface area contributed by atoms with Gasteiger partial charge in [-0.1, -0.05) is 32.4 Å². The number of hydrogen-bond acceptors (Lipinski definition) is 3. The minimum atomic E-state index is -0.915. The van der Waals surface area contributed by atoms with Gasteiger partial charge in [-0.3, -0.25) is 4.79 Å². The Hall–Kier alpha value is -1.60. The zero-order valence-electron chi connectivity index (χ0n) is 14.9. The van der Waals surface area contributed by atoms with Gasteiger partial charge in [0.1, 0.15) is 0 Å². The van der Waals surface area contributed by atoms with E-state index in [1.807, 2.05) is 20.8 Å². The molecule has 0 spiro atoms. The minimum absolute atomic E-state index is 0.106. The van der Waals surface area contributed by atoms with Crippen LogP contribution in [0.1, 0.15) is 39.7 Å². The number of nitrogens with zero attached hydrogens (tertiary/aromatic N) is 3. The second kappa shape index (κ2) is 6.85. The molecule has 1 aliphatic heterocycles. The standard InChI is InChI=1S/C18H21BrClN3O3/c1-18(2,3)15-6-10(4-5-22(15)17(25)26)23-14-8-12(20)11(19)7-13(14)21-9-16(23)24/h7-10,15H,4-6H2,1-3H3,(H,25,26). The molecule has 2 aromatic rings. The number of carboxylic acid groups (broad SMARTS) is 1. The molecule has 140 valence electrons. The number of amides is 1. The fourth-order valence-electron chi connectivity index (χ4n) is 3.74. The fourth-order valence-corrected chi connectivity index (χ4v) is 4.22. The lowest BCUT2D eigenvalue weighted by atomic mass is 9.79. The van der Waals surface area contributed by atoms with E-state index in [-0.39, 0.29) is 23.1 Å². The third-order valence-electron chi connectivity index (χ3n) is 5.01. The van der Waals surface area contributed by atoms with Crippen molar-refractivity contribution in [3.8, 4) is 0 Å². The minimum Gasteiger partial charge on any atom is -0.465 e. The molecule has 3 rings (SSSR count). The van der Waals surface area contributed by atoms with Crippen molar-refractivity contribution in [3.05, 3.63) is 38.2 Å². The molecular weight excluding hydrogens is 422 g/mol. The fraction of sp³-hybridized carbons (Fsp3) is 0.500. The van der Waals surface area contributed by atoms with E-state index in [9.17, 15) is 14.7 Å². The number of piperidine rings is 1. The first-order chi connectivity index (χ1) is 12.1. The highest BCUT2D eigenvalue weighted by atomic mass is 79.9. The zero-order valence-corrected chi connectivity index (χ0v) is 17.2. The van der Waals surface area contributed by atoms with Crippen molar-refractivity contribution in [3.63, 3.8) is 0 Å². The van der Waals surface area contributed by atoms with Crippen LogP contribution >= 0.6 is 27.5 Å². The van der Waals surface area contributed by atoms with Crippen LogP contribution in [-0.4, -0.2) is 38.2 Å². The molecular formula is C18H21BrClN3O3. The van der Waals surface area contributed by atoms with Crippen molar-refractivity contribution in [1.82, 2.24) is 14.5 Å². The molecule has 26 heavy (non-hydrogen) atoms. The quantitative estimate of drug-likeness (QED) is 0.703. The van der Waals surface area contributed by atoms with Crippen molar-refractivity contribution < 1.29 is 9.90 Å². The number of carbonyl (C=O) groups is 1. The van der Waals surface area contributed by atoms with Gasteiger partial charge in [-0.2, -0.15) is 0 Å². The van der Waals surface area contributed by atoms with E-state index in [4.69, 9.17) is 11.6 Å². The van der Waals surface area contributed by atoms with Crippen molar-refractivity contribution in [2.75, 3.05) is 6.54 Å². The van der Waals surface area contributed by atoms with Gasteiger partial charge in [0.15, 0.2) is 0 Å². The van der Waals surface area contributed by atoms with E-state index < -0.39 is 6.09 Å². The number of aromatic nitrogens is 2. The van der Waals surface area contributed by atoms with Crippen molar-refractivity contribution in [2.24, 2.45) is 5.41 Å². The van der Waals surface area contributed by atoms with Crippen LogP contribution in [0, 0.1) is 5.41 Å². The van der Waals surface area contributed by atoms with Gasteiger partial charge in [0, 0.05) is 23.1 Å². The van der Waals surface area contributed by atoms with E-state index in [1.54, 1.807) is 16.7 Å². The van der Waals surface area contributed by atoms with Gasteiger partial charge in [-0.15, -0.1) is 0 Å². The highest BCUT2D eigenvalue weighted by Gasteiger charge is 2.39. The molecule has 0 radical (unpaired) electrons. The highest BCUT2D eigenvalue weighted by Crippen LogP contribution is 2.37. The van der Waals surface area contributed by atoms with Gasteiger partial charge < -0.3 is 14.6 Å². The van der Waals surface area contributed by atoms with Gasteiger partial charge in [0.2, 0.25) is 0 Å². The monoisotopic (exact) mass is 441 g/mol. The molecule has 1 saturated heterocycles. The molecule has 1 fully saturated rings. The maximum Gasteiger partial charge on any atom is 0.407 e. The predicted molar refractivity (Wildman–Crippen MR) is 105 cm³/mol. The summed E-state index contributed by atoms with van der Waals surface area (Å²) in [6.07, 6.45) is 1.55. The van der Waals surface area contributed by atoms with E-state index in [0.29, 0.717) is 35.4 Å². The number of fused-ring (bicyclic) bond motifs is 1. The van der Waals surface area contributed by atoms with Crippen molar-refractivity contribution in [2.45, 2.75) is 45.7 Å². The van der Waals surface area contributed by atoms with Gasteiger partial charge in [-0.25, -0.2) is 9.78 Å². The molecule has 2 heterocycles. The Bertz CT molecular complexity index is 922. The van der Waals surface area contributed by atoms with Crippen molar-refractivity contribution in [1.29, 1.82) is 0 Å². The summed E-state index contributed by atoms with van der Waals surface area (Å²) in [6, 6.07) is 3.25. The molecule has 1 aromatic heterocycles. The summed E-state index contributed by atoms with van der Waals surface area (Å²) < 4.78 is 2.44. The zero-order chi connectivity index (χ0) is 19.2.